The molecule has 0 aliphatic carbocycles. The minimum absolute atomic E-state index is 0.209. The molecule has 1 heterocycles. The molecule has 3 aromatic rings. The van der Waals surface area contributed by atoms with Gasteiger partial charge in [-0.3, -0.25) is 9.59 Å². The summed E-state index contributed by atoms with van der Waals surface area (Å²) in [5.41, 5.74) is 1.88. The second kappa shape index (κ2) is 8.05. The molecule has 0 atom stereocenters. The van der Waals surface area contributed by atoms with Gasteiger partial charge in [0.05, 0.1) is 5.56 Å². The average Bonchev–Trinajstić information content (AvgIpc) is 2.96. The van der Waals surface area contributed by atoms with Crippen LogP contribution in [0.25, 0.3) is 0 Å². The molecule has 2 amide bonds. The highest BCUT2D eigenvalue weighted by molar-refractivity contribution is 7.16. The van der Waals surface area contributed by atoms with E-state index in [0.717, 1.165) is 16.2 Å². The number of rotatable bonds is 5. The third-order valence-corrected chi connectivity index (χ3v) is 5.28. The Hall–Kier alpha value is -3.12. The average molecular weight is 380 g/mol. The van der Waals surface area contributed by atoms with E-state index in [2.05, 4.69) is 10.6 Å². The van der Waals surface area contributed by atoms with Crippen LogP contribution in [0.15, 0.2) is 54.6 Å². The number of carbonyl (C=O) groups excluding carboxylic acids is 2. The van der Waals surface area contributed by atoms with Gasteiger partial charge in [-0.05, 0) is 55.8 Å². The van der Waals surface area contributed by atoms with Crippen LogP contribution in [-0.4, -0.2) is 18.9 Å². The van der Waals surface area contributed by atoms with Crippen LogP contribution in [0.2, 0.25) is 0 Å². The summed E-state index contributed by atoms with van der Waals surface area (Å²) >= 11 is 1.40. The lowest BCUT2D eigenvalue weighted by Gasteiger charge is -2.08. The molecule has 0 saturated heterocycles. The van der Waals surface area contributed by atoms with Gasteiger partial charge in [0.25, 0.3) is 11.8 Å². The number of anilines is 1. The molecule has 138 valence electrons. The molecule has 2 aromatic carbocycles. The molecule has 0 spiro atoms. The van der Waals surface area contributed by atoms with Gasteiger partial charge in [-0.15, -0.1) is 11.3 Å². The predicted octanol–water partition coefficient (Wildman–Crippen LogP) is 4.77. The zero-order valence-corrected chi connectivity index (χ0v) is 16.1. The van der Waals surface area contributed by atoms with E-state index in [9.17, 15) is 9.59 Å². The Morgan fingerprint density at radius 2 is 1.52 bits per heavy atom. The number of hydrogen-bond acceptors (Lipinski definition) is 4. The smallest absolute Gasteiger partial charge is 0.256 e. The fourth-order valence-electron chi connectivity index (χ4n) is 2.59. The molecule has 0 saturated carbocycles. The minimum atomic E-state index is -0.271. The summed E-state index contributed by atoms with van der Waals surface area (Å²) in [6.07, 6.45) is 0. The van der Waals surface area contributed by atoms with Crippen molar-refractivity contribution in [1.82, 2.24) is 5.32 Å². The first kappa shape index (κ1) is 18.7. The van der Waals surface area contributed by atoms with E-state index in [0.29, 0.717) is 21.9 Å². The molecule has 0 aliphatic rings. The van der Waals surface area contributed by atoms with Crippen LogP contribution >= 0.6 is 11.3 Å². The summed E-state index contributed by atoms with van der Waals surface area (Å²) in [6.45, 7) is 3.81. The van der Waals surface area contributed by atoms with Crippen LogP contribution in [0, 0.1) is 13.8 Å². The van der Waals surface area contributed by atoms with Crippen LogP contribution in [-0.2, 0) is 0 Å². The number of thiophene rings is 1. The molecule has 0 aliphatic heterocycles. The summed E-state index contributed by atoms with van der Waals surface area (Å²) in [5, 5.41) is 6.02. The fourth-order valence-corrected chi connectivity index (χ4v) is 3.64. The van der Waals surface area contributed by atoms with Crippen molar-refractivity contribution in [3.05, 3.63) is 76.2 Å². The van der Waals surface area contributed by atoms with E-state index < -0.39 is 0 Å². The third-order valence-electron chi connectivity index (χ3n) is 4.16. The maximum Gasteiger partial charge on any atom is 0.256 e. The van der Waals surface area contributed by atoms with Crippen LogP contribution in [0.5, 0.6) is 11.5 Å². The van der Waals surface area contributed by atoms with Gasteiger partial charge in [0.2, 0.25) is 0 Å². The Labute approximate surface area is 162 Å². The highest BCUT2D eigenvalue weighted by atomic mass is 32.1. The van der Waals surface area contributed by atoms with Crippen molar-refractivity contribution >= 4 is 28.2 Å². The molecule has 6 heteroatoms. The number of para-hydroxylation sites is 1. The molecule has 27 heavy (non-hydrogen) atoms. The molecule has 0 bridgehead atoms. The fraction of sp³-hybridized carbons (Fsp3) is 0.143. The van der Waals surface area contributed by atoms with Gasteiger partial charge in [-0.2, -0.15) is 0 Å². The summed E-state index contributed by atoms with van der Waals surface area (Å²) in [4.78, 5) is 25.7. The first-order valence-electron chi connectivity index (χ1n) is 8.46. The molecule has 2 N–H and O–H groups in total. The van der Waals surface area contributed by atoms with E-state index in [1.807, 2.05) is 44.2 Å². The topological polar surface area (TPSA) is 67.4 Å². The molecular weight excluding hydrogens is 360 g/mol. The Kier molecular flexibility index (Phi) is 5.57. The van der Waals surface area contributed by atoms with Crippen molar-refractivity contribution in [3.63, 3.8) is 0 Å². The van der Waals surface area contributed by atoms with Crippen molar-refractivity contribution in [2.24, 2.45) is 0 Å². The lowest BCUT2D eigenvalue weighted by atomic mass is 10.1. The standard InChI is InChI=1S/C21H20N2O3S/c1-13-14(2)27-21(18(13)20(25)22-3)23-19(24)15-9-11-17(12-10-15)26-16-7-5-4-6-8-16/h4-12H,1-3H3,(H,22,25)(H,23,24). The van der Waals surface area contributed by atoms with Gasteiger partial charge >= 0.3 is 0 Å². The first-order chi connectivity index (χ1) is 13.0. The number of aryl methyl sites for hydroxylation is 1. The van der Waals surface area contributed by atoms with E-state index in [1.165, 1.54) is 11.3 Å². The second-order valence-electron chi connectivity index (χ2n) is 5.96. The van der Waals surface area contributed by atoms with E-state index >= 15 is 0 Å². The predicted molar refractivity (Wildman–Crippen MR) is 108 cm³/mol. The maximum atomic E-state index is 12.6. The minimum Gasteiger partial charge on any atom is -0.457 e. The quantitative estimate of drug-likeness (QED) is 0.670. The second-order valence-corrected chi connectivity index (χ2v) is 7.18. The third kappa shape index (κ3) is 4.17. The van der Waals surface area contributed by atoms with Crippen molar-refractivity contribution in [3.8, 4) is 11.5 Å². The van der Waals surface area contributed by atoms with E-state index in [-0.39, 0.29) is 11.8 Å². The number of amides is 2. The summed E-state index contributed by atoms with van der Waals surface area (Å²) < 4.78 is 5.73. The Morgan fingerprint density at radius 3 is 2.15 bits per heavy atom. The van der Waals surface area contributed by atoms with Gasteiger partial charge in [-0.25, -0.2) is 0 Å². The van der Waals surface area contributed by atoms with Gasteiger partial charge in [0, 0.05) is 17.5 Å². The molecule has 0 fully saturated rings. The molecule has 0 unspecified atom stereocenters. The Bertz CT molecular complexity index is 963. The summed E-state index contributed by atoms with van der Waals surface area (Å²) in [5.74, 6) is 0.896. The highest BCUT2D eigenvalue weighted by Crippen LogP contribution is 2.32. The number of nitrogens with one attached hydrogen (secondary N) is 2. The van der Waals surface area contributed by atoms with Gasteiger partial charge < -0.3 is 15.4 Å². The highest BCUT2D eigenvalue weighted by Gasteiger charge is 2.20. The summed E-state index contributed by atoms with van der Waals surface area (Å²) in [7, 11) is 1.58. The van der Waals surface area contributed by atoms with Crippen LogP contribution < -0.4 is 15.4 Å². The lowest BCUT2D eigenvalue weighted by molar-refractivity contribution is 0.0963. The normalized spacial score (nSPS) is 10.3. The number of hydrogen-bond donors (Lipinski definition) is 2. The largest absolute Gasteiger partial charge is 0.457 e. The Balaban J connectivity index is 1.75. The van der Waals surface area contributed by atoms with Gasteiger partial charge in [-0.1, -0.05) is 18.2 Å². The molecular formula is C21H20N2O3S. The van der Waals surface area contributed by atoms with Crippen molar-refractivity contribution in [2.45, 2.75) is 13.8 Å². The van der Waals surface area contributed by atoms with Crippen molar-refractivity contribution in [1.29, 1.82) is 0 Å². The van der Waals surface area contributed by atoms with Gasteiger partial charge in [0.1, 0.15) is 16.5 Å². The zero-order chi connectivity index (χ0) is 19.4. The van der Waals surface area contributed by atoms with Crippen LogP contribution in [0.3, 0.4) is 0 Å². The number of benzene rings is 2. The summed E-state index contributed by atoms with van der Waals surface area (Å²) in [6, 6.07) is 16.3. The molecule has 3 rings (SSSR count). The zero-order valence-electron chi connectivity index (χ0n) is 15.3. The van der Waals surface area contributed by atoms with Gasteiger partial charge in [0.15, 0.2) is 0 Å². The molecule has 1 aromatic heterocycles. The van der Waals surface area contributed by atoms with E-state index in [1.54, 1.807) is 31.3 Å². The van der Waals surface area contributed by atoms with Crippen molar-refractivity contribution < 1.29 is 14.3 Å². The first-order valence-corrected chi connectivity index (χ1v) is 9.27. The molecule has 5 nitrogen and oxygen atoms in total. The Morgan fingerprint density at radius 1 is 0.889 bits per heavy atom. The van der Waals surface area contributed by atoms with E-state index in [4.69, 9.17) is 4.74 Å². The van der Waals surface area contributed by atoms with Crippen molar-refractivity contribution in [2.75, 3.05) is 12.4 Å². The maximum absolute atomic E-state index is 12.6. The lowest BCUT2D eigenvalue weighted by Crippen LogP contribution is -2.21. The molecule has 0 radical (unpaired) electrons. The number of ether oxygens (including phenoxy) is 1. The van der Waals surface area contributed by atoms with Crippen LogP contribution in [0.4, 0.5) is 5.00 Å². The van der Waals surface area contributed by atoms with Crippen LogP contribution in [0.1, 0.15) is 31.2 Å². The SMILES string of the molecule is CNC(=O)c1c(NC(=O)c2ccc(Oc3ccccc3)cc2)sc(C)c1C. The number of carbonyl (C=O) groups is 2. The monoisotopic (exact) mass is 380 g/mol.